The van der Waals surface area contributed by atoms with E-state index in [4.69, 9.17) is 56.8 Å². The zero-order valence-corrected chi connectivity index (χ0v) is 69.4. The number of ether oxygens (including phenoxy) is 12. The highest BCUT2D eigenvalue weighted by Gasteiger charge is 2.58. The zero-order chi connectivity index (χ0) is 85.5. The molecule has 32 atom stereocenters. The van der Waals surface area contributed by atoms with E-state index < -0.39 is 248 Å². The molecule has 6 heterocycles. The summed E-state index contributed by atoms with van der Waals surface area (Å²) in [5, 5.41) is 198. The Morgan fingerprint density at radius 2 is 0.769 bits per heavy atom. The van der Waals surface area contributed by atoms with E-state index in [9.17, 15) is 101 Å². The first-order chi connectivity index (χ1) is 56.2. The number of rotatable bonds is 56. The molecule has 6 aliphatic rings. The Hall–Kier alpha value is -3.27. The molecule has 0 aliphatic carbocycles. The second-order valence-corrected chi connectivity index (χ2v) is 32.4. The second-order valence-electron chi connectivity index (χ2n) is 32.4. The number of nitrogens with one attached hydrogen (secondary N) is 3. The van der Waals surface area contributed by atoms with Gasteiger partial charge in [0.15, 0.2) is 37.7 Å². The van der Waals surface area contributed by atoms with Crippen molar-refractivity contribution < 1.29 is 158 Å². The van der Waals surface area contributed by atoms with E-state index in [2.05, 4.69) is 41.9 Å². The van der Waals surface area contributed by atoms with Crippen LogP contribution < -0.4 is 16.0 Å². The summed E-state index contributed by atoms with van der Waals surface area (Å²) in [4.78, 5) is 38.9. The number of unbranched alkanes of at least 4 members (excludes halogenated alkanes) is 28. The van der Waals surface area contributed by atoms with Crippen LogP contribution >= 0.6 is 0 Å². The summed E-state index contributed by atoms with van der Waals surface area (Å²) >= 11 is 0. The van der Waals surface area contributed by atoms with E-state index in [1.165, 1.54) is 135 Å². The molecule has 0 radical (unpaired) electrons. The average Bonchev–Trinajstić information content (AvgIpc) is 0.776. The van der Waals surface area contributed by atoms with Crippen LogP contribution in [0.15, 0.2) is 24.3 Å². The largest absolute Gasteiger partial charge is 0.394 e. The molecule has 0 aromatic rings. The monoisotopic (exact) mass is 1690 g/mol. The Bertz CT molecular complexity index is 2740. The molecule has 0 saturated carbocycles. The lowest BCUT2D eigenvalue weighted by Crippen LogP contribution is -2.69. The van der Waals surface area contributed by atoms with E-state index in [1.807, 2.05) is 6.08 Å². The average molecular weight is 1690 g/mol. The van der Waals surface area contributed by atoms with Gasteiger partial charge in [-0.1, -0.05) is 192 Å². The predicted octanol–water partition coefficient (Wildman–Crippen LogP) is 0.720. The summed E-state index contributed by atoms with van der Waals surface area (Å²) < 4.78 is 70.6. The fourth-order valence-electron chi connectivity index (χ4n) is 15.8. The smallest absolute Gasteiger partial charge is 0.220 e. The van der Waals surface area contributed by atoms with Crippen LogP contribution in [0.3, 0.4) is 0 Å². The number of carbonyl (C=O) groups excluding carboxylic acids is 3. The molecule has 117 heavy (non-hydrogen) atoms. The number of aliphatic hydroxyl groups excluding tert-OH is 17. The molecule has 3 amide bonds. The molecule has 0 aromatic carbocycles. The van der Waals surface area contributed by atoms with Gasteiger partial charge in [-0.05, 0) is 51.9 Å². The Morgan fingerprint density at radius 1 is 0.368 bits per heavy atom. The number of aliphatic hydroxyl groups is 17. The fraction of sp³-hybridized carbons (Fsp3) is 0.915. The highest BCUT2D eigenvalue weighted by Crippen LogP contribution is 2.37. The summed E-state index contributed by atoms with van der Waals surface area (Å²) in [5.74, 6) is -1.93. The first kappa shape index (κ1) is 103. The van der Waals surface area contributed by atoms with Crippen molar-refractivity contribution in [1.29, 1.82) is 0 Å². The molecule has 20 N–H and O–H groups in total. The summed E-state index contributed by atoms with van der Waals surface area (Å²) in [5.41, 5.74) is 0. The van der Waals surface area contributed by atoms with Gasteiger partial charge in [-0.15, -0.1) is 0 Å². The van der Waals surface area contributed by atoms with Crippen molar-refractivity contribution in [1.82, 2.24) is 16.0 Å². The summed E-state index contributed by atoms with van der Waals surface area (Å²) in [6, 6.07) is -4.40. The predicted molar refractivity (Wildman–Crippen MR) is 420 cm³/mol. The van der Waals surface area contributed by atoms with Crippen molar-refractivity contribution in [3.8, 4) is 0 Å². The van der Waals surface area contributed by atoms with Gasteiger partial charge >= 0.3 is 0 Å². The molecule has 35 heteroatoms. The number of allylic oxidation sites excluding steroid dienone is 3. The zero-order valence-electron chi connectivity index (χ0n) is 69.4. The quantitative estimate of drug-likeness (QED) is 0.0295. The lowest BCUT2D eigenvalue weighted by Gasteiger charge is -2.50. The molecule has 6 rings (SSSR count). The van der Waals surface area contributed by atoms with Crippen molar-refractivity contribution >= 4 is 17.7 Å². The SMILES string of the molecule is CCCCCCCC/C=C\CCCCCCCCCCCCCC(=O)N[C@@H](CO[C@@H]1OC(CO)[C@@H](O[C@@H]2OC(CO)[C@H](O[C@@H]3OC(CO)[C@H](O)[C@H](O[C@@H]4OC(CO[C@@H]5OC(CO)[C@@H](O)[C@H](O[C@H]6C(O)[C@H](O)C(C)O[C@H]6O)C5NC(C)=O)[C@H](O)[C@H](O)C4NC(C)=O)C3O)[C@H](O)C2O)[C@H](O)C1O)[C@H](O)/C=C/CCCCCCCCCCCCC. The van der Waals surface area contributed by atoms with E-state index in [0.717, 1.165) is 71.6 Å². The number of hydrogen-bond acceptors (Lipinski definition) is 32. The minimum atomic E-state index is -2.24. The van der Waals surface area contributed by atoms with Crippen molar-refractivity contribution in [2.45, 2.75) is 436 Å². The minimum Gasteiger partial charge on any atom is -0.394 e. The van der Waals surface area contributed by atoms with E-state index in [-0.39, 0.29) is 12.3 Å². The molecule has 0 spiro atoms. The van der Waals surface area contributed by atoms with E-state index in [0.29, 0.717) is 12.8 Å². The van der Waals surface area contributed by atoms with Crippen LogP contribution in [0.5, 0.6) is 0 Å². The molecule has 0 bridgehead atoms. The van der Waals surface area contributed by atoms with Crippen LogP contribution in [0, 0.1) is 0 Å². The molecule has 35 nitrogen and oxygen atoms in total. The second kappa shape index (κ2) is 55.9. The molecule has 682 valence electrons. The van der Waals surface area contributed by atoms with E-state index in [1.54, 1.807) is 6.08 Å². The van der Waals surface area contributed by atoms with Gasteiger partial charge < -0.3 is 160 Å². The fourth-order valence-corrected chi connectivity index (χ4v) is 15.8. The number of carbonyl (C=O) groups is 3. The molecular weight excluding hydrogens is 1540 g/mol. The first-order valence-corrected chi connectivity index (χ1v) is 43.5. The maximum atomic E-state index is 13.6. The Morgan fingerprint density at radius 3 is 1.26 bits per heavy atom. The summed E-state index contributed by atoms with van der Waals surface area (Å²) in [6.07, 6.45) is -9.10. The van der Waals surface area contributed by atoms with Crippen LogP contribution in [0.2, 0.25) is 0 Å². The number of hydrogen-bond donors (Lipinski definition) is 20. The standard InChI is InChI=1S/C82H147N3O32/c1-6-8-10-12-14-16-18-20-21-22-23-24-25-26-27-29-31-33-35-37-39-41-58(93)85-51(52(92)40-38-36-34-32-30-28-19-17-15-13-11-9-7-2)46-106-80-69(102)67(100)72(55(44-88)111-80)115-81-70(103)68(101)73(56(45-89)112-81)116-82-71(104)75(64(97)54(43-87)110-82)117-79-59(83-49(4)90)65(98)62(95)57(113-79)47-107-78-60(84-50(5)91)74(63(96)53(42-86)109-78)114-76-66(99)61(94)48(3)108-77(76)105/h20-21,38,40,48,51-57,59-82,86-89,92,94-105H,6-19,22-37,39,41-47H2,1-5H3,(H,83,90)(H,84,91)(H,85,93)/b21-20-,40-38+/t48?,51-,52+,53?,54?,55?,56?,57?,59?,60?,61+,62-,63+,64-,65+,66?,67+,68+,69?,70?,71?,72+,73-,74+,75-,76-,77+,78+,79-,80+,81-,82-/m0/s1. The Balaban J connectivity index is 1.04. The Kier molecular flexibility index (Phi) is 48.9. The van der Waals surface area contributed by atoms with Gasteiger partial charge in [-0.3, -0.25) is 14.4 Å². The minimum absolute atomic E-state index is 0.182. The van der Waals surface area contributed by atoms with Crippen molar-refractivity contribution in [2.24, 2.45) is 0 Å². The van der Waals surface area contributed by atoms with Crippen molar-refractivity contribution in [3.05, 3.63) is 24.3 Å². The van der Waals surface area contributed by atoms with Crippen LogP contribution in [-0.4, -0.2) is 340 Å². The molecule has 6 aliphatic heterocycles. The lowest BCUT2D eigenvalue weighted by molar-refractivity contribution is -0.387. The van der Waals surface area contributed by atoms with Crippen molar-refractivity contribution in [3.63, 3.8) is 0 Å². The van der Waals surface area contributed by atoms with Crippen molar-refractivity contribution in [2.75, 3.05) is 39.6 Å². The normalized spacial score (nSPS) is 36.2. The van der Waals surface area contributed by atoms with Gasteiger partial charge in [0.1, 0.15) is 140 Å². The van der Waals surface area contributed by atoms with Crippen LogP contribution in [0.4, 0.5) is 0 Å². The third-order valence-corrected chi connectivity index (χ3v) is 22.8. The molecule has 6 fully saturated rings. The van der Waals surface area contributed by atoms with Gasteiger partial charge in [-0.2, -0.15) is 0 Å². The molecule has 6 saturated heterocycles. The van der Waals surface area contributed by atoms with Gasteiger partial charge in [-0.25, -0.2) is 0 Å². The highest BCUT2D eigenvalue weighted by molar-refractivity contribution is 5.76. The maximum absolute atomic E-state index is 13.6. The lowest BCUT2D eigenvalue weighted by atomic mass is 9.94. The van der Waals surface area contributed by atoms with Crippen LogP contribution in [0.1, 0.15) is 240 Å². The Labute approximate surface area is 689 Å². The van der Waals surface area contributed by atoms with Gasteiger partial charge in [0.25, 0.3) is 0 Å². The van der Waals surface area contributed by atoms with Gasteiger partial charge in [0.05, 0.1) is 57.9 Å². The molecular formula is C82H147N3O32. The van der Waals surface area contributed by atoms with E-state index >= 15 is 0 Å². The topological polar surface area (TPSA) is 542 Å². The molecule has 0 aromatic heterocycles. The van der Waals surface area contributed by atoms with Gasteiger partial charge in [0.2, 0.25) is 17.7 Å². The maximum Gasteiger partial charge on any atom is 0.220 e. The van der Waals surface area contributed by atoms with Crippen LogP contribution in [0.25, 0.3) is 0 Å². The molecule has 12 unspecified atom stereocenters. The third kappa shape index (κ3) is 33.0. The number of amides is 3. The first-order valence-electron chi connectivity index (χ1n) is 43.5. The van der Waals surface area contributed by atoms with Gasteiger partial charge in [0, 0.05) is 20.3 Å². The summed E-state index contributed by atoms with van der Waals surface area (Å²) in [6.45, 7) is 2.72. The van der Waals surface area contributed by atoms with Crippen LogP contribution in [-0.2, 0) is 71.2 Å². The highest BCUT2D eigenvalue weighted by atomic mass is 16.8. The summed E-state index contributed by atoms with van der Waals surface area (Å²) in [7, 11) is 0. The third-order valence-electron chi connectivity index (χ3n) is 22.8.